The maximum atomic E-state index is 12.8. The fourth-order valence-electron chi connectivity index (χ4n) is 2.14. The Labute approximate surface area is 143 Å². The highest BCUT2D eigenvalue weighted by molar-refractivity contribution is 7.99. The van der Waals surface area contributed by atoms with Crippen molar-refractivity contribution < 1.29 is 9.13 Å². The summed E-state index contributed by atoms with van der Waals surface area (Å²) in [5.41, 5.74) is 0.992. The van der Waals surface area contributed by atoms with Gasteiger partial charge in [0, 0.05) is 30.8 Å². The molecule has 0 amide bonds. The minimum atomic E-state index is -0.259. The molecule has 0 aliphatic carbocycles. The molecule has 0 saturated heterocycles. The van der Waals surface area contributed by atoms with Gasteiger partial charge in [-0.3, -0.25) is 4.98 Å². The standard InChI is InChI=1S/C17H17FN4OS/c1-22-16(13-7-9-19-10-8-13)20-21-17(22)24-12-2-11-23-15-5-3-14(18)4-6-15/h3-10H,2,11-12H2,1H3. The van der Waals surface area contributed by atoms with E-state index < -0.39 is 0 Å². The molecule has 0 bridgehead atoms. The van der Waals surface area contributed by atoms with Crippen molar-refractivity contribution in [1.82, 2.24) is 19.7 Å². The molecule has 0 fully saturated rings. The molecule has 5 nitrogen and oxygen atoms in total. The number of pyridine rings is 1. The van der Waals surface area contributed by atoms with Gasteiger partial charge in [0.25, 0.3) is 0 Å². The van der Waals surface area contributed by atoms with Gasteiger partial charge in [0.15, 0.2) is 11.0 Å². The molecule has 0 aliphatic rings. The van der Waals surface area contributed by atoms with Crippen molar-refractivity contribution in [3.05, 3.63) is 54.6 Å². The normalized spacial score (nSPS) is 10.8. The Hall–Kier alpha value is -2.41. The van der Waals surface area contributed by atoms with Crippen LogP contribution in [0.25, 0.3) is 11.4 Å². The molecule has 0 saturated carbocycles. The molecular formula is C17H17FN4OS. The van der Waals surface area contributed by atoms with Gasteiger partial charge in [-0.1, -0.05) is 11.8 Å². The SMILES string of the molecule is Cn1c(SCCCOc2ccc(F)cc2)nnc1-c1ccncc1. The van der Waals surface area contributed by atoms with Gasteiger partial charge >= 0.3 is 0 Å². The number of hydrogen-bond acceptors (Lipinski definition) is 5. The molecule has 124 valence electrons. The van der Waals surface area contributed by atoms with Gasteiger partial charge < -0.3 is 9.30 Å². The summed E-state index contributed by atoms with van der Waals surface area (Å²) < 4.78 is 20.3. The topological polar surface area (TPSA) is 52.8 Å². The van der Waals surface area contributed by atoms with Crippen LogP contribution in [0.1, 0.15) is 6.42 Å². The van der Waals surface area contributed by atoms with Crippen molar-refractivity contribution in [3.8, 4) is 17.1 Å². The smallest absolute Gasteiger partial charge is 0.191 e. The molecule has 0 unspecified atom stereocenters. The van der Waals surface area contributed by atoms with Gasteiger partial charge in [-0.05, 0) is 42.8 Å². The van der Waals surface area contributed by atoms with Crippen molar-refractivity contribution in [3.63, 3.8) is 0 Å². The lowest BCUT2D eigenvalue weighted by atomic mass is 10.2. The minimum Gasteiger partial charge on any atom is -0.494 e. The second-order valence-corrected chi connectivity index (χ2v) is 6.17. The summed E-state index contributed by atoms with van der Waals surface area (Å²) in [6.07, 6.45) is 4.34. The van der Waals surface area contributed by atoms with Crippen LogP contribution in [0.3, 0.4) is 0 Å². The summed E-state index contributed by atoms with van der Waals surface area (Å²) in [6.45, 7) is 0.577. The Balaban J connectivity index is 1.47. The number of thioether (sulfide) groups is 1. The monoisotopic (exact) mass is 344 g/mol. The van der Waals surface area contributed by atoms with E-state index in [0.717, 1.165) is 28.7 Å². The van der Waals surface area contributed by atoms with E-state index >= 15 is 0 Å². The van der Waals surface area contributed by atoms with Gasteiger partial charge in [-0.25, -0.2) is 4.39 Å². The Morgan fingerprint density at radius 3 is 2.58 bits per heavy atom. The van der Waals surface area contributed by atoms with Crippen molar-refractivity contribution >= 4 is 11.8 Å². The Kier molecular flexibility index (Phi) is 5.43. The van der Waals surface area contributed by atoms with Crippen molar-refractivity contribution in [2.45, 2.75) is 11.6 Å². The number of ether oxygens (including phenoxy) is 1. The third kappa shape index (κ3) is 4.11. The van der Waals surface area contributed by atoms with E-state index in [9.17, 15) is 4.39 Å². The van der Waals surface area contributed by atoms with E-state index in [-0.39, 0.29) is 5.82 Å². The fraction of sp³-hybridized carbons (Fsp3) is 0.235. The lowest BCUT2D eigenvalue weighted by Gasteiger charge is -2.06. The number of hydrogen-bond donors (Lipinski definition) is 0. The first-order valence-electron chi connectivity index (χ1n) is 7.55. The predicted octanol–water partition coefficient (Wildman–Crippen LogP) is 3.58. The van der Waals surface area contributed by atoms with Crippen molar-refractivity contribution in [2.75, 3.05) is 12.4 Å². The third-order valence-electron chi connectivity index (χ3n) is 3.38. The van der Waals surface area contributed by atoms with Gasteiger partial charge in [0.1, 0.15) is 11.6 Å². The summed E-state index contributed by atoms with van der Waals surface area (Å²) in [6, 6.07) is 9.87. The highest BCUT2D eigenvalue weighted by Gasteiger charge is 2.10. The molecule has 24 heavy (non-hydrogen) atoms. The average molecular weight is 344 g/mol. The second-order valence-electron chi connectivity index (χ2n) is 5.11. The molecule has 3 rings (SSSR count). The molecule has 0 spiro atoms. The first-order chi connectivity index (χ1) is 11.7. The molecule has 1 aromatic carbocycles. The molecule has 7 heteroatoms. The van der Waals surface area contributed by atoms with Crippen molar-refractivity contribution in [2.24, 2.45) is 7.05 Å². The van der Waals surface area contributed by atoms with E-state index in [1.807, 2.05) is 23.7 Å². The Morgan fingerprint density at radius 1 is 1.08 bits per heavy atom. The lowest BCUT2D eigenvalue weighted by molar-refractivity contribution is 0.318. The number of nitrogens with zero attached hydrogens (tertiary/aromatic N) is 4. The van der Waals surface area contributed by atoms with E-state index in [1.165, 1.54) is 12.1 Å². The van der Waals surface area contributed by atoms with E-state index in [4.69, 9.17) is 4.74 Å². The zero-order chi connectivity index (χ0) is 16.8. The minimum absolute atomic E-state index is 0.259. The maximum absolute atomic E-state index is 12.8. The lowest BCUT2D eigenvalue weighted by Crippen LogP contribution is -2.00. The van der Waals surface area contributed by atoms with Crippen LogP contribution in [0.2, 0.25) is 0 Å². The quantitative estimate of drug-likeness (QED) is 0.484. The van der Waals surface area contributed by atoms with Crippen LogP contribution in [-0.4, -0.2) is 32.1 Å². The maximum Gasteiger partial charge on any atom is 0.191 e. The zero-order valence-corrected chi connectivity index (χ0v) is 14.0. The molecule has 0 radical (unpaired) electrons. The molecule has 0 atom stereocenters. The first kappa shape index (κ1) is 16.4. The van der Waals surface area contributed by atoms with E-state index in [2.05, 4.69) is 15.2 Å². The molecule has 2 heterocycles. The number of benzene rings is 1. The zero-order valence-electron chi connectivity index (χ0n) is 13.2. The van der Waals surface area contributed by atoms with E-state index in [1.54, 1.807) is 36.3 Å². The summed E-state index contributed by atoms with van der Waals surface area (Å²) in [5, 5.41) is 9.33. The summed E-state index contributed by atoms with van der Waals surface area (Å²) in [7, 11) is 1.95. The molecular weight excluding hydrogens is 327 g/mol. The molecule has 2 aromatic heterocycles. The fourth-order valence-corrected chi connectivity index (χ4v) is 2.96. The molecule has 0 aliphatic heterocycles. The summed E-state index contributed by atoms with van der Waals surface area (Å²) in [4.78, 5) is 4.01. The van der Waals surface area contributed by atoms with Crippen LogP contribution in [0.15, 0.2) is 53.9 Å². The van der Waals surface area contributed by atoms with Crippen LogP contribution in [0.5, 0.6) is 5.75 Å². The number of halogens is 1. The Bertz CT molecular complexity index is 777. The first-order valence-corrected chi connectivity index (χ1v) is 8.53. The second kappa shape index (κ2) is 7.92. The Morgan fingerprint density at radius 2 is 1.83 bits per heavy atom. The number of aromatic nitrogens is 4. The molecule has 0 N–H and O–H groups in total. The number of rotatable bonds is 7. The average Bonchev–Trinajstić information content (AvgIpc) is 2.98. The summed E-state index contributed by atoms with van der Waals surface area (Å²) >= 11 is 1.63. The van der Waals surface area contributed by atoms with Gasteiger partial charge in [0.2, 0.25) is 0 Å². The van der Waals surface area contributed by atoms with Crippen LogP contribution in [0.4, 0.5) is 4.39 Å². The highest BCUT2D eigenvalue weighted by Crippen LogP contribution is 2.22. The summed E-state index contributed by atoms with van der Waals surface area (Å²) in [5.74, 6) is 2.11. The van der Waals surface area contributed by atoms with Gasteiger partial charge in [-0.2, -0.15) is 0 Å². The van der Waals surface area contributed by atoms with Crippen LogP contribution in [0, 0.1) is 5.82 Å². The van der Waals surface area contributed by atoms with Crippen LogP contribution < -0.4 is 4.74 Å². The molecule has 3 aromatic rings. The van der Waals surface area contributed by atoms with Gasteiger partial charge in [-0.15, -0.1) is 10.2 Å². The van der Waals surface area contributed by atoms with Crippen LogP contribution >= 0.6 is 11.8 Å². The van der Waals surface area contributed by atoms with E-state index in [0.29, 0.717) is 12.4 Å². The van der Waals surface area contributed by atoms with Crippen LogP contribution in [-0.2, 0) is 7.05 Å². The largest absolute Gasteiger partial charge is 0.494 e. The van der Waals surface area contributed by atoms with Crippen molar-refractivity contribution in [1.29, 1.82) is 0 Å². The predicted molar refractivity (Wildman–Crippen MR) is 91.5 cm³/mol. The highest BCUT2D eigenvalue weighted by atomic mass is 32.2. The van der Waals surface area contributed by atoms with Gasteiger partial charge in [0.05, 0.1) is 6.61 Å². The third-order valence-corrected chi connectivity index (χ3v) is 4.48.